The van der Waals surface area contributed by atoms with E-state index in [1.54, 1.807) is 44.4 Å². The average Bonchev–Trinajstić information content (AvgIpc) is 3.17. The Bertz CT molecular complexity index is 929. The summed E-state index contributed by atoms with van der Waals surface area (Å²) in [6, 6.07) is 14.3. The van der Waals surface area contributed by atoms with Crippen molar-refractivity contribution in [1.82, 2.24) is 15.5 Å². The SMILES string of the molecule is COc1cccc(-c2noc(CNC(=O)[C@H](C)Oc3ccccc3Cl)n2)c1. The molecule has 27 heavy (non-hydrogen) atoms. The monoisotopic (exact) mass is 387 g/mol. The Morgan fingerprint density at radius 3 is 2.85 bits per heavy atom. The summed E-state index contributed by atoms with van der Waals surface area (Å²) in [6.07, 6.45) is -0.731. The molecule has 1 heterocycles. The molecule has 0 aliphatic rings. The largest absolute Gasteiger partial charge is 0.497 e. The van der Waals surface area contributed by atoms with Crippen molar-refractivity contribution in [3.63, 3.8) is 0 Å². The molecule has 1 N–H and O–H groups in total. The van der Waals surface area contributed by atoms with Crippen LogP contribution < -0.4 is 14.8 Å². The molecule has 0 fully saturated rings. The standard InChI is InChI=1S/C19H18ClN3O4/c1-12(26-16-9-4-3-8-15(16)20)19(24)21-11-17-22-18(23-27-17)13-6-5-7-14(10-13)25-2/h3-10,12H,11H2,1-2H3,(H,21,24)/t12-/m0/s1. The first-order valence-corrected chi connectivity index (χ1v) is 8.60. The molecule has 0 bridgehead atoms. The summed E-state index contributed by atoms with van der Waals surface area (Å²) >= 11 is 6.03. The molecule has 0 unspecified atom stereocenters. The quantitative estimate of drug-likeness (QED) is 0.667. The number of ether oxygens (including phenoxy) is 2. The second-order valence-electron chi connectivity index (χ2n) is 5.65. The van der Waals surface area contributed by atoms with E-state index >= 15 is 0 Å². The van der Waals surface area contributed by atoms with Crippen LogP contribution in [0.1, 0.15) is 12.8 Å². The number of rotatable bonds is 7. The van der Waals surface area contributed by atoms with Gasteiger partial charge in [0.05, 0.1) is 18.7 Å². The highest BCUT2D eigenvalue weighted by Gasteiger charge is 2.17. The molecule has 0 radical (unpaired) electrons. The second-order valence-corrected chi connectivity index (χ2v) is 6.06. The van der Waals surface area contributed by atoms with Crippen LogP contribution >= 0.6 is 11.6 Å². The maximum absolute atomic E-state index is 12.2. The van der Waals surface area contributed by atoms with Gasteiger partial charge >= 0.3 is 0 Å². The number of carbonyl (C=O) groups excluding carboxylic acids is 1. The molecule has 1 atom stereocenters. The summed E-state index contributed by atoms with van der Waals surface area (Å²) in [4.78, 5) is 16.5. The minimum Gasteiger partial charge on any atom is -0.497 e. The number of nitrogens with one attached hydrogen (secondary N) is 1. The first-order valence-electron chi connectivity index (χ1n) is 8.22. The van der Waals surface area contributed by atoms with Gasteiger partial charge in [-0.1, -0.05) is 41.0 Å². The number of carbonyl (C=O) groups is 1. The molecule has 0 spiro atoms. The van der Waals surface area contributed by atoms with Crippen LogP contribution in [0, 0.1) is 0 Å². The lowest BCUT2D eigenvalue weighted by Crippen LogP contribution is -2.36. The molecule has 0 saturated carbocycles. The van der Waals surface area contributed by atoms with E-state index in [0.29, 0.717) is 22.3 Å². The van der Waals surface area contributed by atoms with E-state index in [-0.39, 0.29) is 18.3 Å². The van der Waals surface area contributed by atoms with Crippen LogP contribution in [0.15, 0.2) is 53.1 Å². The van der Waals surface area contributed by atoms with Crippen molar-refractivity contribution in [2.45, 2.75) is 19.6 Å². The van der Waals surface area contributed by atoms with Gasteiger partial charge in [-0.3, -0.25) is 4.79 Å². The fourth-order valence-corrected chi connectivity index (χ4v) is 2.48. The number of methoxy groups -OCH3 is 1. The summed E-state index contributed by atoms with van der Waals surface area (Å²) in [5.41, 5.74) is 0.756. The van der Waals surface area contributed by atoms with Crippen molar-refractivity contribution < 1.29 is 18.8 Å². The highest BCUT2D eigenvalue weighted by molar-refractivity contribution is 6.32. The van der Waals surface area contributed by atoms with Crippen molar-refractivity contribution in [3.05, 3.63) is 59.4 Å². The number of para-hydroxylation sites is 1. The van der Waals surface area contributed by atoms with Crippen molar-refractivity contribution in [2.24, 2.45) is 0 Å². The lowest BCUT2D eigenvalue weighted by atomic mass is 10.2. The molecular weight excluding hydrogens is 370 g/mol. The molecule has 1 amide bonds. The number of hydrogen-bond acceptors (Lipinski definition) is 6. The van der Waals surface area contributed by atoms with Crippen molar-refractivity contribution in [2.75, 3.05) is 7.11 Å². The Labute approximate surface area is 161 Å². The van der Waals surface area contributed by atoms with Gasteiger partial charge in [0.15, 0.2) is 6.10 Å². The van der Waals surface area contributed by atoms with Crippen LogP contribution in [0.4, 0.5) is 0 Å². The second kappa shape index (κ2) is 8.55. The van der Waals surface area contributed by atoms with E-state index in [2.05, 4.69) is 15.5 Å². The Hall–Kier alpha value is -3.06. The molecule has 8 heteroatoms. The Morgan fingerprint density at radius 1 is 1.26 bits per heavy atom. The van der Waals surface area contributed by atoms with Gasteiger partial charge in [-0.05, 0) is 31.2 Å². The Balaban J connectivity index is 1.57. The molecule has 140 valence electrons. The van der Waals surface area contributed by atoms with E-state index in [1.807, 2.05) is 18.2 Å². The minimum absolute atomic E-state index is 0.0893. The van der Waals surface area contributed by atoms with E-state index < -0.39 is 6.10 Å². The zero-order chi connectivity index (χ0) is 19.2. The third kappa shape index (κ3) is 4.77. The minimum atomic E-state index is -0.731. The molecule has 3 aromatic rings. The molecule has 1 aromatic heterocycles. The number of hydrogen-bond donors (Lipinski definition) is 1. The predicted octanol–water partition coefficient (Wildman–Crippen LogP) is 3.48. The van der Waals surface area contributed by atoms with Gasteiger partial charge in [0.25, 0.3) is 5.91 Å². The normalized spacial score (nSPS) is 11.7. The van der Waals surface area contributed by atoms with Gasteiger partial charge in [-0.25, -0.2) is 0 Å². The summed E-state index contributed by atoms with van der Waals surface area (Å²) in [6.45, 7) is 1.72. The first kappa shape index (κ1) is 18.7. The molecular formula is C19H18ClN3O4. The van der Waals surface area contributed by atoms with Crippen molar-refractivity contribution >= 4 is 17.5 Å². The number of nitrogens with zero attached hydrogens (tertiary/aromatic N) is 2. The number of halogens is 1. The van der Waals surface area contributed by atoms with Crippen molar-refractivity contribution in [3.8, 4) is 22.9 Å². The maximum atomic E-state index is 12.2. The van der Waals surface area contributed by atoms with Crippen LogP contribution in [-0.4, -0.2) is 29.3 Å². The van der Waals surface area contributed by atoms with Gasteiger partial charge < -0.3 is 19.3 Å². The summed E-state index contributed by atoms with van der Waals surface area (Å²) in [7, 11) is 1.59. The Morgan fingerprint density at radius 2 is 2.07 bits per heavy atom. The first-order chi connectivity index (χ1) is 13.1. The molecule has 7 nitrogen and oxygen atoms in total. The molecule has 0 aliphatic carbocycles. The van der Waals surface area contributed by atoms with E-state index in [4.69, 9.17) is 25.6 Å². The maximum Gasteiger partial charge on any atom is 0.261 e. The van der Waals surface area contributed by atoms with E-state index in [9.17, 15) is 4.79 Å². The van der Waals surface area contributed by atoms with Crippen LogP contribution in [-0.2, 0) is 11.3 Å². The molecule has 3 rings (SSSR count). The van der Waals surface area contributed by atoms with Crippen LogP contribution in [0.25, 0.3) is 11.4 Å². The number of benzene rings is 2. The van der Waals surface area contributed by atoms with Gasteiger partial charge in [0, 0.05) is 5.56 Å². The highest BCUT2D eigenvalue weighted by Crippen LogP contribution is 2.24. The third-order valence-corrected chi connectivity index (χ3v) is 4.03. The fraction of sp³-hybridized carbons (Fsp3) is 0.211. The van der Waals surface area contributed by atoms with E-state index in [1.165, 1.54) is 0 Å². The van der Waals surface area contributed by atoms with Crippen molar-refractivity contribution in [1.29, 1.82) is 0 Å². The summed E-state index contributed by atoms with van der Waals surface area (Å²) in [5.74, 6) is 1.51. The number of aromatic nitrogens is 2. The lowest BCUT2D eigenvalue weighted by Gasteiger charge is -2.14. The van der Waals surface area contributed by atoms with Crippen LogP contribution in [0.2, 0.25) is 5.02 Å². The van der Waals surface area contributed by atoms with Gasteiger partial charge in [0.1, 0.15) is 11.5 Å². The van der Waals surface area contributed by atoms with Gasteiger partial charge in [0.2, 0.25) is 11.7 Å². The highest BCUT2D eigenvalue weighted by atomic mass is 35.5. The third-order valence-electron chi connectivity index (χ3n) is 3.72. The summed E-state index contributed by atoms with van der Waals surface area (Å²) < 4.78 is 15.9. The lowest BCUT2D eigenvalue weighted by molar-refractivity contribution is -0.127. The summed E-state index contributed by atoms with van der Waals surface area (Å²) in [5, 5.41) is 7.06. The number of amides is 1. The van der Waals surface area contributed by atoms with Gasteiger partial charge in [-0.15, -0.1) is 0 Å². The van der Waals surface area contributed by atoms with E-state index in [0.717, 1.165) is 5.56 Å². The smallest absolute Gasteiger partial charge is 0.261 e. The van der Waals surface area contributed by atoms with Crippen LogP contribution in [0.3, 0.4) is 0 Å². The molecule has 0 saturated heterocycles. The van der Waals surface area contributed by atoms with Crippen LogP contribution in [0.5, 0.6) is 11.5 Å². The van der Waals surface area contributed by atoms with Gasteiger partial charge in [-0.2, -0.15) is 4.98 Å². The predicted molar refractivity (Wildman–Crippen MR) is 99.7 cm³/mol. The zero-order valence-electron chi connectivity index (χ0n) is 14.8. The molecule has 2 aromatic carbocycles. The zero-order valence-corrected chi connectivity index (χ0v) is 15.6. The fourth-order valence-electron chi connectivity index (χ4n) is 2.30. The average molecular weight is 388 g/mol. The Kier molecular flexibility index (Phi) is 5.93. The topological polar surface area (TPSA) is 86.5 Å². The molecule has 0 aliphatic heterocycles.